The van der Waals surface area contributed by atoms with Crippen LogP contribution in [0.15, 0.2) is 54.6 Å². The quantitative estimate of drug-likeness (QED) is 0.817. The van der Waals surface area contributed by atoms with Crippen molar-refractivity contribution < 1.29 is 14.3 Å². The molecule has 1 saturated carbocycles. The Labute approximate surface area is 140 Å². The Morgan fingerprint density at radius 3 is 2.38 bits per heavy atom. The highest BCUT2D eigenvalue weighted by Gasteiger charge is 2.44. The highest BCUT2D eigenvalue weighted by molar-refractivity contribution is 5.95. The molecule has 5 nitrogen and oxygen atoms in total. The smallest absolute Gasteiger partial charge is 0.257 e. The summed E-state index contributed by atoms with van der Waals surface area (Å²) in [6.45, 7) is 0.450. The standard InChI is InChI=1S/C19H20N2O3/c20-18(23)15-8-4-5-9-16(15)24-12-17(22)21-13-19(10-11-19)14-6-2-1-3-7-14/h1-9H,10-13H2,(H2,20,23)(H,21,22). The van der Waals surface area contributed by atoms with Gasteiger partial charge in [0.05, 0.1) is 5.56 Å². The summed E-state index contributed by atoms with van der Waals surface area (Å²) in [5, 5.41) is 2.92. The van der Waals surface area contributed by atoms with Gasteiger partial charge in [0.2, 0.25) is 0 Å². The average molecular weight is 324 g/mol. The molecule has 0 bridgehead atoms. The van der Waals surface area contributed by atoms with Crippen LogP contribution in [0.25, 0.3) is 0 Å². The predicted octanol–water partition coefficient (Wildman–Crippen LogP) is 2.01. The molecule has 0 unspecified atom stereocenters. The van der Waals surface area contributed by atoms with Crippen molar-refractivity contribution in [2.24, 2.45) is 5.73 Å². The number of carbonyl (C=O) groups excluding carboxylic acids is 2. The molecule has 24 heavy (non-hydrogen) atoms. The molecule has 0 aromatic heterocycles. The Hall–Kier alpha value is -2.82. The minimum atomic E-state index is -0.577. The second-order valence-corrected chi connectivity index (χ2v) is 6.07. The molecule has 0 aliphatic heterocycles. The van der Waals surface area contributed by atoms with E-state index in [1.807, 2.05) is 18.2 Å². The van der Waals surface area contributed by atoms with Crippen LogP contribution in [-0.2, 0) is 10.2 Å². The fraction of sp³-hybridized carbons (Fsp3) is 0.263. The van der Waals surface area contributed by atoms with Gasteiger partial charge in [0, 0.05) is 12.0 Å². The summed E-state index contributed by atoms with van der Waals surface area (Å²) in [4.78, 5) is 23.4. The number of nitrogens with one attached hydrogen (secondary N) is 1. The number of amides is 2. The van der Waals surface area contributed by atoms with Gasteiger partial charge in [-0.3, -0.25) is 9.59 Å². The molecule has 1 aliphatic rings. The Morgan fingerprint density at radius 1 is 1.04 bits per heavy atom. The van der Waals surface area contributed by atoms with Crippen molar-refractivity contribution in [1.29, 1.82) is 0 Å². The van der Waals surface area contributed by atoms with Crippen LogP contribution in [0.4, 0.5) is 0 Å². The van der Waals surface area contributed by atoms with Crippen LogP contribution in [-0.4, -0.2) is 25.0 Å². The molecule has 3 rings (SSSR count). The number of para-hydroxylation sites is 1. The molecular weight excluding hydrogens is 304 g/mol. The van der Waals surface area contributed by atoms with E-state index >= 15 is 0 Å². The number of rotatable bonds is 7. The number of nitrogens with two attached hydrogens (primary N) is 1. The molecule has 2 aromatic rings. The van der Waals surface area contributed by atoms with Crippen LogP contribution >= 0.6 is 0 Å². The van der Waals surface area contributed by atoms with Crippen LogP contribution in [0.3, 0.4) is 0 Å². The van der Waals surface area contributed by atoms with E-state index in [0.717, 1.165) is 12.8 Å². The monoisotopic (exact) mass is 324 g/mol. The molecule has 3 N–H and O–H groups in total. The lowest BCUT2D eigenvalue weighted by molar-refractivity contribution is -0.123. The molecule has 5 heteroatoms. The third kappa shape index (κ3) is 3.56. The largest absolute Gasteiger partial charge is 0.483 e. The minimum absolute atomic E-state index is 0.0576. The van der Waals surface area contributed by atoms with Gasteiger partial charge < -0.3 is 15.8 Å². The number of hydrogen-bond donors (Lipinski definition) is 2. The number of carbonyl (C=O) groups is 2. The molecule has 0 saturated heterocycles. The van der Waals surface area contributed by atoms with Crippen LogP contribution in [0.2, 0.25) is 0 Å². The zero-order chi connectivity index (χ0) is 17.0. The zero-order valence-electron chi connectivity index (χ0n) is 13.3. The van der Waals surface area contributed by atoms with Gasteiger partial charge in [0.15, 0.2) is 6.61 Å². The summed E-state index contributed by atoms with van der Waals surface area (Å²) in [5.74, 6) is -0.465. The molecule has 0 spiro atoms. The topological polar surface area (TPSA) is 81.4 Å². The highest BCUT2D eigenvalue weighted by atomic mass is 16.5. The van der Waals surface area contributed by atoms with E-state index in [2.05, 4.69) is 17.4 Å². The van der Waals surface area contributed by atoms with Crippen LogP contribution in [0.1, 0.15) is 28.8 Å². The number of hydrogen-bond acceptors (Lipinski definition) is 3. The van der Waals surface area contributed by atoms with E-state index in [4.69, 9.17) is 10.5 Å². The van der Waals surface area contributed by atoms with E-state index in [9.17, 15) is 9.59 Å². The average Bonchev–Trinajstić information content (AvgIpc) is 3.40. The molecular formula is C19H20N2O3. The van der Waals surface area contributed by atoms with Crippen molar-refractivity contribution in [2.45, 2.75) is 18.3 Å². The molecule has 0 heterocycles. The summed E-state index contributed by atoms with van der Waals surface area (Å²) < 4.78 is 5.44. The lowest BCUT2D eigenvalue weighted by atomic mass is 9.96. The van der Waals surface area contributed by atoms with Crippen LogP contribution in [0.5, 0.6) is 5.75 Å². The fourth-order valence-electron chi connectivity index (χ4n) is 2.77. The first kappa shape index (κ1) is 16.1. The number of ether oxygens (including phenoxy) is 1. The highest BCUT2D eigenvalue weighted by Crippen LogP contribution is 2.47. The van der Waals surface area contributed by atoms with Crippen molar-refractivity contribution in [1.82, 2.24) is 5.32 Å². The van der Waals surface area contributed by atoms with E-state index in [1.54, 1.807) is 24.3 Å². The van der Waals surface area contributed by atoms with Crippen LogP contribution in [0, 0.1) is 0 Å². The maximum atomic E-state index is 12.1. The Balaban J connectivity index is 1.53. The lowest BCUT2D eigenvalue weighted by Crippen LogP contribution is -2.35. The molecule has 0 atom stereocenters. The molecule has 2 amide bonds. The van der Waals surface area contributed by atoms with E-state index < -0.39 is 5.91 Å². The van der Waals surface area contributed by atoms with E-state index in [-0.39, 0.29) is 23.5 Å². The van der Waals surface area contributed by atoms with Crippen molar-refractivity contribution in [3.8, 4) is 5.75 Å². The second-order valence-electron chi connectivity index (χ2n) is 6.07. The van der Waals surface area contributed by atoms with Gasteiger partial charge in [-0.25, -0.2) is 0 Å². The maximum absolute atomic E-state index is 12.1. The summed E-state index contributed by atoms with van der Waals surface area (Å²) >= 11 is 0. The van der Waals surface area contributed by atoms with Gasteiger partial charge in [-0.15, -0.1) is 0 Å². The Morgan fingerprint density at radius 2 is 1.71 bits per heavy atom. The number of benzene rings is 2. The van der Waals surface area contributed by atoms with Gasteiger partial charge in [-0.05, 0) is 30.5 Å². The normalized spacial score (nSPS) is 14.7. The summed E-state index contributed by atoms with van der Waals surface area (Å²) in [6, 6.07) is 16.8. The first-order valence-electron chi connectivity index (χ1n) is 7.95. The van der Waals surface area contributed by atoms with Gasteiger partial charge >= 0.3 is 0 Å². The maximum Gasteiger partial charge on any atom is 0.257 e. The van der Waals surface area contributed by atoms with Gasteiger partial charge in [0.1, 0.15) is 5.75 Å². The van der Waals surface area contributed by atoms with Gasteiger partial charge in [-0.2, -0.15) is 0 Å². The molecule has 2 aromatic carbocycles. The fourth-order valence-corrected chi connectivity index (χ4v) is 2.77. The second kappa shape index (κ2) is 6.74. The third-order valence-electron chi connectivity index (χ3n) is 4.37. The Bertz CT molecular complexity index is 739. The molecule has 1 fully saturated rings. The Kier molecular flexibility index (Phi) is 4.51. The molecule has 0 radical (unpaired) electrons. The number of primary amides is 1. The third-order valence-corrected chi connectivity index (χ3v) is 4.37. The molecule has 124 valence electrons. The van der Waals surface area contributed by atoms with Crippen molar-refractivity contribution in [2.75, 3.05) is 13.2 Å². The zero-order valence-corrected chi connectivity index (χ0v) is 13.3. The van der Waals surface area contributed by atoms with Crippen molar-refractivity contribution in [3.05, 3.63) is 65.7 Å². The first-order valence-corrected chi connectivity index (χ1v) is 7.95. The summed E-state index contributed by atoms with van der Waals surface area (Å²) in [6.07, 6.45) is 2.14. The predicted molar refractivity (Wildman–Crippen MR) is 90.8 cm³/mol. The molecule has 1 aliphatic carbocycles. The summed E-state index contributed by atoms with van der Waals surface area (Å²) in [5.41, 5.74) is 6.87. The minimum Gasteiger partial charge on any atom is -0.483 e. The van der Waals surface area contributed by atoms with E-state index in [1.165, 1.54) is 5.56 Å². The first-order chi connectivity index (χ1) is 11.6. The van der Waals surface area contributed by atoms with Crippen molar-refractivity contribution >= 4 is 11.8 Å². The van der Waals surface area contributed by atoms with Gasteiger partial charge in [-0.1, -0.05) is 42.5 Å². The summed E-state index contributed by atoms with van der Waals surface area (Å²) in [7, 11) is 0. The lowest BCUT2D eigenvalue weighted by Gasteiger charge is -2.17. The van der Waals surface area contributed by atoms with Crippen molar-refractivity contribution in [3.63, 3.8) is 0 Å². The van der Waals surface area contributed by atoms with Crippen LogP contribution < -0.4 is 15.8 Å². The van der Waals surface area contributed by atoms with E-state index in [0.29, 0.717) is 12.3 Å². The SMILES string of the molecule is NC(=O)c1ccccc1OCC(=O)NCC1(c2ccccc2)CC1. The van der Waals surface area contributed by atoms with Gasteiger partial charge in [0.25, 0.3) is 11.8 Å².